The molecule has 1 atom stereocenters. The molecule has 0 nitrogen and oxygen atoms in total. The largest absolute Gasteiger partial charge is 0.147 e. The monoisotopic (exact) mass is 548 g/mol. The summed E-state index contributed by atoms with van der Waals surface area (Å²) in [6.07, 6.45) is 7.59. The maximum Gasteiger partial charge on any atom is -0.147 e. The standard InChI is InChI=1S/C21H25.C7H9.C2H6Si.2ClH.Ti/c1-20(2,3)16-7-9-18-14(12-16)11-15-13-17(21(4,5)6)8-10-19(15)18;1-6-3-4-7(2)5-6;1-3-2;;;/h7-13H,1-6H3;3-4,6H,1-2H3;1-2H3;2*1H;/q2*-1;;;;+2. The maximum absolute atomic E-state index is 3.22. The molecule has 34 heavy (non-hydrogen) atoms. The van der Waals surface area contributed by atoms with E-state index in [0.717, 1.165) is 0 Å². The van der Waals surface area contributed by atoms with E-state index in [1.54, 1.807) is 0 Å². The van der Waals surface area contributed by atoms with E-state index in [2.05, 4.69) is 148 Å². The molecule has 0 fully saturated rings. The first kappa shape index (κ1) is 33.3. The molecule has 184 valence electrons. The van der Waals surface area contributed by atoms with Gasteiger partial charge in [-0.25, -0.2) is 11.6 Å². The molecule has 0 bridgehead atoms. The minimum atomic E-state index is 0. The van der Waals surface area contributed by atoms with E-state index < -0.39 is 0 Å². The third-order valence-electron chi connectivity index (χ3n) is 5.53. The van der Waals surface area contributed by atoms with Crippen LogP contribution in [0.5, 0.6) is 0 Å². The van der Waals surface area contributed by atoms with E-state index in [1.807, 2.05) is 0 Å². The fraction of sp³-hybridized carbons (Fsp3) is 0.433. The number of benzene rings is 2. The van der Waals surface area contributed by atoms with Crippen LogP contribution in [0.15, 0.2) is 60.2 Å². The van der Waals surface area contributed by atoms with Crippen molar-refractivity contribution in [2.75, 3.05) is 0 Å². The minimum absolute atomic E-state index is 0. The normalized spacial score (nSPS) is 14.8. The molecule has 0 saturated heterocycles. The first-order valence-corrected chi connectivity index (χ1v) is 16.5. The molecule has 0 saturated carbocycles. The van der Waals surface area contributed by atoms with Crippen LogP contribution in [-0.4, -0.2) is 6.19 Å². The number of fused-ring (bicyclic) bond motifs is 3. The summed E-state index contributed by atoms with van der Waals surface area (Å²) < 4.78 is 0. The van der Waals surface area contributed by atoms with Crippen molar-refractivity contribution in [1.29, 1.82) is 0 Å². The van der Waals surface area contributed by atoms with Crippen molar-refractivity contribution in [1.82, 2.24) is 0 Å². The summed E-state index contributed by atoms with van der Waals surface area (Å²) in [6, 6.07) is 16.2. The molecule has 4 rings (SSSR count). The van der Waals surface area contributed by atoms with Gasteiger partial charge in [-0.15, -0.1) is 64.6 Å². The third-order valence-corrected chi connectivity index (χ3v) is 5.53. The van der Waals surface area contributed by atoms with Gasteiger partial charge in [0.15, 0.2) is 0 Å². The maximum atomic E-state index is 3.22. The Kier molecular flexibility index (Phi) is 13.3. The summed E-state index contributed by atoms with van der Waals surface area (Å²) in [5.41, 5.74) is 4.48. The van der Waals surface area contributed by atoms with Crippen LogP contribution in [0, 0.1) is 12.0 Å². The van der Waals surface area contributed by atoms with E-state index in [4.69, 9.17) is 0 Å². The molecule has 0 spiro atoms. The van der Waals surface area contributed by atoms with Crippen molar-refractivity contribution in [3.8, 4) is 0 Å². The predicted molar refractivity (Wildman–Crippen MR) is 157 cm³/mol. The van der Waals surface area contributed by atoms with Crippen LogP contribution < -0.4 is 0 Å². The zero-order valence-electron chi connectivity index (χ0n) is 22.6. The smallest absolute Gasteiger partial charge is 0.147 e. The van der Waals surface area contributed by atoms with E-state index in [-0.39, 0.29) is 41.8 Å². The van der Waals surface area contributed by atoms with Gasteiger partial charge in [-0.05, 0) is 10.8 Å². The van der Waals surface area contributed by atoms with Crippen LogP contribution in [0.1, 0.15) is 66.5 Å². The van der Waals surface area contributed by atoms with Crippen LogP contribution in [-0.2, 0) is 30.0 Å². The molecule has 0 aromatic heterocycles. The molecule has 0 aliphatic heterocycles. The molecule has 3 aromatic carbocycles. The number of hydrogen-bond donors (Lipinski definition) is 0. The fourth-order valence-corrected chi connectivity index (χ4v) is 3.70. The van der Waals surface area contributed by atoms with Gasteiger partial charge in [0, 0.05) is 0 Å². The Bertz CT molecular complexity index is 1080. The molecule has 1 aliphatic rings. The first-order valence-electron chi connectivity index (χ1n) is 11.6. The van der Waals surface area contributed by atoms with E-state index in [0.29, 0.717) is 5.92 Å². The number of halogens is 2. The molecule has 0 radical (unpaired) electrons. The Morgan fingerprint density at radius 1 is 0.824 bits per heavy atom. The van der Waals surface area contributed by atoms with Gasteiger partial charge in [0.25, 0.3) is 0 Å². The number of hydrogen-bond acceptors (Lipinski definition) is 0. The summed E-state index contributed by atoms with van der Waals surface area (Å²) in [6.45, 7) is 22.4. The second kappa shape index (κ2) is 13.6. The van der Waals surface area contributed by atoms with Gasteiger partial charge in [-0.1, -0.05) is 96.7 Å². The van der Waals surface area contributed by atoms with E-state index in [9.17, 15) is 0 Å². The second-order valence-electron chi connectivity index (χ2n) is 11.2. The Labute approximate surface area is 233 Å². The average molecular weight is 550 g/mol. The quantitative estimate of drug-likeness (QED) is 0.193. The third kappa shape index (κ3) is 9.75. The van der Waals surface area contributed by atoms with Crippen molar-refractivity contribution >= 4 is 52.5 Å². The van der Waals surface area contributed by atoms with Crippen molar-refractivity contribution in [3.63, 3.8) is 0 Å². The summed E-state index contributed by atoms with van der Waals surface area (Å²) in [5.74, 6) is 0.556. The molecular weight excluding hydrogens is 507 g/mol. The van der Waals surface area contributed by atoms with Gasteiger partial charge >= 0.3 is 38.5 Å². The first-order chi connectivity index (χ1) is 14.7. The summed E-state index contributed by atoms with van der Waals surface area (Å²) in [4.78, 5) is 0. The molecular formula is C30H42Cl2SiTi. The summed E-state index contributed by atoms with van der Waals surface area (Å²) >= 11 is 2.27. The van der Waals surface area contributed by atoms with Crippen LogP contribution in [0.2, 0.25) is 13.1 Å². The summed E-state index contributed by atoms with van der Waals surface area (Å²) in [5, 5.41) is 5.48. The van der Waals surface area contributed by atoms with Crippen LogP contribution in [0.25, 0.3) is 21.5 Å². The van der Waals surface area contributed by atoms with Crippen LogP contribution in [0.4, 0.5) is 0 Å². The Morgan fingerprint density at radius 3 is 1.44 bits per heavy atom. The number of rotatable bonds is 0. The van der Waals surface area contributed by atoms with Crippen molar-refractivity contribution in [3.05, 3.63) is 77.4 Å². The van der Waals surface area contributed by atoms with Crippen LogP contribution >= 0.6 is 24.8 Å². The van der Waals surface area contributed by atoms with E-state index >= 15 is 0 Å². The molecule has 4 heteroatoms. The Morgan fingerprint density at radius 2 is 1.21 bits per heavy atom. The van der Waals surface area contributed by atoms with Gasteiger partial charge in [-0.3, -0.25) is 6.08 Å². The topological polar surface area (TPSA) is 0 Å². The zero-order chi connectivity index (χ0) is 24.3. The summed E-state index contributed by atoms with van der Waals surface area (Å²) in [7, 11) is 0. The molecule has 0 amide bonds. The van der Waals surface area contributed by atoms with Gasteiger partial charge in [0.2, 0.25) is 0 Å². The molecule has 1 aliphatic carbocycles. The van der Waals surface area contributed by atoms with Crippen molar-refractivity contribution in [2.45, 2.75) is 79.3 Å². The molecule has 1 unspecified atom stereocenters. The van der Waals surface area contributed by atoms with Gasteiger partial charge in [0.1, 0.15) is 0 Å². The van der Waals surface area contributed by atoms with Crippen molar-refractivity contribution in [2.24, 2.45) is 5.92 Å². The van der Waals surface area contributed by atoms with Gasteiger partial charge in [-0.2, -0.15) is 6.08 Å². The Balaban J connectivity index is 0.000000702. The number of allylic oxidation sites excluding steroid dienone is 4. The second-order valence-corrected chi connectivity index (χ2v) is 17.9. The fourth-order valence-electron chi connectivity index (χ4n) is 3.70. The van der Waals surface area contributed by atoms with E-state index in [1.165, 1.54) is 38.2 Å². The predicted octanol–water partition coefficient (Wildman–Crippen LogP) is 9.88. The Hall–Kier alpha value is -0.699. The van der Waals surface area contributed by atoms with Gasteiger partial charge in [0.05, 0.1) is 0 Å². The molecule has 3 aromatic rings. The molecule has 0 heterocycles. The zero-order valence-corrected chi connectivity index (χ0v) is 26.8. The minimum Gasteiger partial charge on any atom is -0.147 e. The average Bonchev–Trinajstić information content (AvgIpc) is 3.21. The van der Waals surface area contributed by atoms with Crippen LogP contribution in [0.3, 0.4) is 0 Å². The van der Waals surface area contributed by atoms with Gasteiger partial charge < -0.3 is 0 Å². The molecule has 0 N–H and O–H groups in total. The van der Waals surface area contributed by atoms with Crippen molar-refractivity contribution < 1.29 is 19.2 Å². The SMILES string of the molecule is CC(C)(C)c1ccc2c(c1)[cH-]c1cc(C(C)(C)C)ccc12.CC1=[C-]C(C)C=C1.C[Si](C)=[Ti+2].Cl.Cl.